The van der Waals surface area contributed by atoms with Crippen LogP contribution in [0.4, 0.5) is 10.5 Å². The molecule has 1 aromatic heterocycles. The smallest absolute Gasteiger partial charge is 0.355 e. The Kier molecular flexibility index (Phi) is 7.57. The first kappa shape index (κ1) is 23.7. The van der Waals surface area contributed by atoms with Gasteiger partial charge in [0.25, 0.3) is 5.91 Å². The number of aromatic nitrogens is 1. The summed E-state index contributed by atoms with van der Waals surface area (Å²) in [7, 11) is 0. The highest BCUT2D eigenvalue weighted by Gasteiger charge is 2.25. The normalized spacial score (nSPS) is 10.5. The van der Waals surface area contributed by atoms with Gasteiger partial charge in [-0.2, -0.15) is 0 Å². The maximum absolute atomic E-state index is 12.3. The molecule has 0 unspecified atom stereocenters. The molecule has 0 radical (unpaired) electrons. The summed E-state index contributed by atoms with van der Waals surface area (Å²) >= 11 is 0. The lowest BCUT2D eigenvalue weighted by molar-refractivity contribution is -0.123. The molecule has 0 saturated heterocycles. The van der Waals surface area contributed by atoms with Crippen LogP contribution in [-0.2, 0) is 14.3 Å². The number of aromatic amines is 1. The summed E-state index contributed by atoms with van der Waals surface area (Å²) in [5.41, 5.74) is 3.70. The fourth-order valence-corrected chi connectivity index (χ4v) is 2.88. The van der Waals surface area contributed by atoms with Crippen molar-refractivity contribution in [3.8, 4) is 0 Å². The van der Waals surface area contributed by atoms with Crippen LogP contribution in [0.5, 0.6) is 0 Å². The van der Waals surface area contributed by atoms with Gasteiger partial charge in [0.05, 0.1) is 11.7 Å². The van der Waals surface area contributed by atoms with Crippen LogP contribution in [0.3, 0.4) is 0 Å². The summed E-state index contributed by atoms with van der Waals surface area (Å²) in [6, 6.07) is 4.60. The van der Waals surface area contributed by atoms with E-state index in [1.54, 1.807) is 39.8 Å². The van der Waals surface area contributed by atoms with E-state index in [4.69, 9.17) is 9.47 Å². The Morgan fingerprint density at radius 1 is 1.00 bits per heavy atom. The molecule has 166 valence electrons. The van der Waals surface area contributed by atoms with E-state index in [0.29, 0.717) is 16.9 Å². The molecular formula is C22H27N3O6. The molecule has 0 bridgehead atoms. The highest BCUT2D eigenvalue weighted by Crippen LogP contribution is 2.20. The van der Waals surface area contributed by atoms with Gasteiger partial charge in [-0.1, -0.05) is 6.07 Å². The number of urea groups is 1. The fraction of sp³-hybridized carbons (Fsp3) is 0.364. The molecule has 0 aliphatic rings. The molecule has 0 fully saturated rings. The molecule has 31 heavy (non-hydrogen) atoms. The summed E-state index contributed by atoms with van der Waals surface area (Å²) in [6.45, 7) is 9.83. The number of hydrogen-bond donors (Lipinski definition) is 3. The molecule has 3 N–H and O–H groups in total. The largest absolute Gasteiger partial charge is 0.459 e. The van der Waals surface area contributed by atoms with Crippen molar-refractivity contribution in [3.63, 3.8) is 0 Å². The Morgan fingerprint density at radius 3 is 2.29 bits per heavy atom. The highest BCUT2D eigenvalue weighted by atomic mass is 16.5. The number of ether oxygens (including phenoxy) is 2. The van der Waals surface area contributed by atoms with E-state index in [2.05, 4.69) is 15.6 Å². The van der Waals surface area contributed by atoms with Crippen LogP contribution >= 0.6 is 0 Å². The molecule has 0 aliphatic heterocycles. The average molecular weight is 429 g/mol. The first-order valence-electron chi connectivity index (χ1n) is 9.75. The molecule has 0 aliphatic carbocycles. The molecule has 0 saturated carbocycles. The first-order valence-corrected chi connectivity index (χ1v) is 9.75. The summed E-state index contributed by atoms with van der Waals surface area (Å²) in [5.74, 6) is -2.18. The summed E-state index contributed by atoms with van der Waals surface area (Å²) in [6.07, 6.45) is -0.310. The quantitative estimate of drug-likeness (QED) is 0.605. The van der Waals surface area contributed by atoms with Crippen molar-refractivity contribution in [1.29, 1.82) is 0 Å². The molecule has 0 spiro atoms. The number of aryl methyl sites for hydroxylation is 3. The molecule has 3 amide bonds. The van der Waals surface area contributed by atoms with Crippen LogP contribution < -0.4 is 10.6 Å². The number of esters is 2. The Bertz CT molecular complexity index is 1020. The zero-order chi connectivity index (χ0) is 23.3. The third-order valence-corrected chi connectivity index (χ3v) is 4.54. The number of carbonyl (C=O) groups excluding carboxylic acids is 4. The third-order valence-electron chi connectivity index (χ3n) is 4.54. The van der Waals surface area contributed by atoms with Gasteiger partial charge in [0.1, 0.15) is 5.69 Å². The lowest BCUT2D eigenvalue weighted by atomic mass is 10.1. The van der Waals surface area contributed by atoms with Crippen molar-refractivity contribution in [2.24, 2.45) is 0 Å². The first-order chi connectivity index (χ1) is 14.5. The Morgan fingerprint density at radius 2 is 1.68 bits per heavy atom. The maximum Gasteiger partial charge on any atom is 0.355 e. The van der Waals surface area contributed by atoms with E-state index in [9.17, 15) is 19.2 Å². The SMILES string of the molecule is Cc1ccc(NC(=O)NC(=O)COC(=O)c2[nH]c(C)c(C(=O)OC(C)C)c2C)cc1C. The number of anilines is 1. The molecule has 2 rings (SSSR count). The van der Waals surface area contributed by atoms with E-state index < -0.39 is 30.5 Å². The van der Waals surface area contributed by atoms with Crippen molar-refractivity contribution >= 4 is 29.6 Å². The molecular weight excluding hydrogens is 402 g/mol. The van der Waals surface area contributed by atoms with Crippen LogP contribution in [0.1, 0.15) is 57.1 Å². The minimum absolute atomic E-state index is 0.0422. The van der Waals surface area contributed by atoms with E-state index in [1.807, 2.05) is 19.9 Å². The highest BCUT2D eigenvalue weighted by molar-refractivity contribution is 6.03. The van der Waals surface area contributed by atoms with Gasteiger partial charge in [-0.3, -0.25) is 10.1 Å². The number of hydrogen-bond acceptors (Lipinski definition) is 6. The number of carbonyl (C=O) groups is 4. The van der Waals surface area contributed by atoms with Gasteiger partial charge in [-0.15, -0.1) is 0 Å². The predicted octanol–water partition coefficient (Wildman–Crippen LogP) is 3.32. The third kappa shape index (κ3) is 6.18. The standard InChI is InChI=1S/C22H27N3O6/c1-11(2)31-20(27)18-14(5)19(23-15(18)6)21(28)30-10-17(26)25-22(29)24-16-8-7-12(3)13(4)9-16/h7-9,11,23H,10H2,1-6H3,(H2,24,25,26,29). The number of amides is 3. The summed E-state index contributed by atoms with van der Waals surface area (Å²) in [5, 5.41) is 4.63. The van der Waals surface area contributed by atoms with Crippen LogP contribution in [-0.4, -0.2) is 41.6 Å². The Hall–Kier alpha value is -3.62. The van der Waals surface area contributed by atoms with Crippen LogP contribution in [0.25, 0.3) is 0 Å². The van der Waals surface area contributed by atoms with Crippen molar-refractivity contribution < 1.29 is 28.7 Å². The van der Waals surface area contributed by atoms with E-state index in [-0.39, 0.29) is 17.4 Å². The van der Waals surface area contributed by atoms with Crippen molar-refractivity contribution in [2.75, 3.05) is 11.9 Å². The molecule has 9 heteroatoms. The van der Waals surface area contributed by atoms with Gasteiger partial charge in [-0.25, -0.2) is 14.4 Å². The number of H-pyrrole nitrogens is 1. The minimum atomic E-state index is -0.825. The number of benzene rings is 1. The van der Waals surface area contributed by atoms with Gasteiger partial charge < -0.3 is 19.8 Å². The van der Waals surface area contributed by atoms with Crippen LogP contribution in [0.2, 0.25) is 0 Å². The topological polar surface area (TPSA) is 127 Å². The van der Waals surface area contributed by atoms with Gasteiger partial charge in [0, 0.05) is 11.4 Å². The second-order valence-electron chi connectivity index (χ2n) is 7.46. The fourth-order valence-electron chi connectivity index (χ4n) is 2.88. The zero-order valence-electron chi connectivity index (χ0n) is 18.5. The van der Waals surface area contributed by atoms with E-state index >= 15 is 0 Å². The number of nitrogens with one attached hydrogen (secondary N) is 3. The minimum Gasteiger partial charge on any atom is -0.459 e. The zero-order valence-corrected chi connectivity index (χ0v) is 18.5. The van der Waals surface area contributed by atoms with E-state index in [0.717, 1.165) is 11.1 Å². The average Bonchev–Trinajstić information content (AvgIpc) is 2.96. The summed E-state index contributed by atoms with van der Waals surface area (Å²) in [4.78, 5) is 51.2. The molecule has 9 nitrogen and oxygen atoms in total. The molecule has 1 aromatic carbocycles. The summed E-state index contributed by atoms with van der Waals surface area (Å²) < 4.78 is 10.1. The van der Waals surface area contributed by atoms with Gasteiger partial charge in [-0.05, 0) is 70.4 Å². The Balaban J connectivity index is 1.93. The van der Waals surface area contributed by atoms with Crippen LogP contribution in [0, 0.1) is 27.7 Å². The maximum atomic E-state index is 12.3. The van der Waals surface area contributed by atoms with Crippen molar-refractivity contribution in [1.82, 2.24) is 10.3 Å². The van der Waals surface area contributed by atoms with Gasteiger partial charge in [0.2, 0.25) is 0 Å². The number of rotatable bonds is 6. The van der Waals surface area contributed by atoms with Crippen LogP contribution in [0.15, 0.2) is 18.2 Å². The Labute approximate surface area is 180 Å². The van der Waals surface area contributed by atoms with Crippen molar-refractivity contribution in [3.05, 3.63) is 51.8 Å². The number of imide groups is 1. The lowest BCUT2D eigenvalue weighted by Crippen LogP contribution is -2.37. The van der Waals surface area contributed by atoms with E-state index in [1.165, 1.54) is 0 Å². The van der Waals surface area contributed by atoms with Gasteiger partial charge in [0.15, 0.2) is 6.61 Å². The lowest BCUT2D eigenvalue weighted by Gasteiger charge is -2.09. The predicted molar refractivity (Wildman–Crippen MR) is 114 cm³/mol. The molecule has 2 aromatic rings. The second-order valence-corrected chi connectivity index (χ2v) is 7.46. The van der Waals surface area contributed by atoms with Crippen molar-refractivity contribution in [2.45, 2.75) is 47.6 Å². The molecule has 1 heterocycles. The van der Waals surface area contributed by atoms with Gasteiger partial charge >= 0.3 is 18.0 Å². The monoisotopic (exact) mass is 429 g/mol. The second kappa shape index (κ2) is 9.92. The molecule has 0 atom stereocenters.